The molecule has 4 rings (SSSR count). The summed E-state index contributed by atoms with van der Waals surface area (Å²) in [5.74, 6) is -0.230. The fourth-order valence-electron chi connectivity index (χ4n) is 2.39. The monoisotopic (exact) mass is 347 g/mol. The van der Waals surface area contributed by atoms with E-state index in [0.29, 0.717) is 5.69 Å². The number of amides is 1. The molecule has 0 spiro atoms. The van der Waals surface area contributed by atoms with Crippen LogP contribution >= 0.6 is 11.3 Å². The minimum Gasteiger partial charge on any atom is -0.321 e. The van der Waals surface area contributed by atoms with E-state index >= 15 is 0 Å². The summed E-state index contributed by atoms with van der Waals surface area (Å²) in [4.78, 5) is 20.7. The third-order valence-electron chi connectivity index (χ3n) is 3.52. The normalized spacial score (nSPS) is 11.2. The van der Waals surface area contributed by atoms with Gasteiger partial charge in [0.25, 0.3) is 0 Å². The molecule has 25 heavy (non-hydrogen) atoms. The fraction of sp³-hybridized carbons (Fsp3) is 0. The molecule has 0 aliphatic rings. The van der Waals surface area contributed by atoms with Crippen LogP contribution in [0.25, 0.3) is 22.0 Å². The molecule has 0 atom stereocenters. The van der Waals surface area contributed by atoms with Gasteiger partial charge in [0.1, 0.15) is 17.7 Å². The third-order valence-corrected chi connectivity index (χ3v) is 4.52. The van der Waals surface area contributed by atoms with E-state index in [2.05, 4.69) is 20.4 Å². The van der Waals surface area contributed by atoms with Gasteiger partial charge >= 0.3 is 0 Å². The van der Waals surface area contributed by atoms with Crippen molar-refractivity contribution in [3.63, 3.8) is 0 Å². The number of hydrogen-bond acceptors (Lipinski definition) is 5. The van der Waals surface area contributed by atoms with Gasteiger partial charge in [0.2, 0.25) is 5.91 Å². The Bertz CT molecular complexity index is 1020. The second-order valence-electron chi connectivity index (χ2n) is 5.20. The third kappa shape index (κ3) is 3.31. The van der Waals surface area contributed by atoms with Crippen molar-refractivity contribution in [1.29, 1.82) is 0 Å². The van der Waals surface area contributed by atoms with Crippen molar-refractivity contribution in [3.8, 4) is 5.69 Å². The zero-order valence-corrected chi connectivity index (χ0v) is 13.9. The Morgan fingerprint density at radius 3 is 2.80 bits per heavy atom. The highest BCUT2D eigenvalue weighted by molar-refractivity contribution is 7.19. The zero-order valence-electron chi connectivity index (χ0n) is 13.0. The van der Waals surface area contributed by atoms with Crippen LogP contribution in [0.15, 0.2) is 67.3 Å². The van der Waals surface area contributed by atoms with Gasteiger partial charge in [-0.3, -0.25) is 4.79 Å². The van der Waals surface area contributed by atoms with Crippen LogP contribution in [0.2, 0.25) is 0 Å². The zero-order chi connectivity index (χ0) is 17.1. The van der Waals surface area contributed by atoms with E-state index in [9.17, 15) is 4.79 Å². The fourth-order valence-corrected chi connectivity index (χ4v) is 3.26. The molecule has 1 N–H and O–H groups in total. The first-order valence-electron chi connectivity index (χ1n) is 7.58. The van der Waals surface area contributed by atoms with E-state index in [1.807, 2.05) is 48.5 Å². The first-order valence-corrected chi connectivity index (χ1v) is 8.40. The molecule has 4 aromatic rings. The molecular formula is C18H13N5OS. The topological polar surface area (TPSA) is 72.7 Å². The van der Waals surface area contributed by atoms with E-state index in [4.69, 9.17) is 0 Å². The number of carbonyl (C=O) groups is 1. The van der Waals surface area contributed by atoms with Crippen molar-refractivity contribution in [2.24, 2.45) is 0 Å². The molecule has 0 radical (unpaired) electrons. The summed E-state index contributed by atoms with van der Waals surface area (Å²) in [6, 6.07) is 15.3. The van der Waals surface area contributed by atoms with Gasteiger partial charge in [-0.05, 0) is 30.3 Å². The standard InChI is InChI=1S/C18H13N5OS/c24-17(9-10-18-22-14-6-2-4-8-16(14)25-18)21-13-5-1-3-7-15(13)23-12-19-11-20-23/h1-12H,(H,21,24)/b10-9+. The SMILES string of the molecule is O=C(/C=C/c1nc2ccccc2s1)Nc1ccccc1-n1cncn1. The molecule has 0 bridgehead atoms. The molecule has 122 valence electrons. The van der Waals surface area contributed by atoms with Gasteiger partial charge < -0.3 is 5.32 Å². The van der Waals surface area contributed by atoms with Crippen molar-refractivity contribution in [2.45, 2.75) is 0 Å². The first kappa shape index (κ1) is 15.2. The summed E-state index contributed by atoms with van der Waals surface area (Å²) < 4.78 is 2.70. The lowest BCUT2D eigenvalue weighted by atomic mass is 10.2. The van der Waals surface area contributed by atoms with E-state index in [0.717, 1.165) is 20.9 Å². The molecule has 1 amide bonds. The van der Waals surface area contributed by atoms with Crippen molar-refractivity contribution < 1.29 is 4.79 Å². The molecule has 2 aromatic carbocycles. The Hall–Kier alpha value is -3.32. The number of hydrogen-bond donors (Lipinski definition) is 1. The minimum absolute atomic E-state index is 0.230. The molecule has 0 aliphatic heterocycles. The van der Waals surface area contributed by atoms with E-state index in [1.165, 1.54) is 12.4 Å². The Morgan fingerprint density at radius 1 is 1.12 bits per heavy atom. The lowest BCUT2D eigenvalue weighted by Gasteiger charge is -2.08. The molecule has 2 heterocycles. The molecular weight excluding hydrogens is 334 g/mol. The van der Waals surface area contributed by atoms with Gasteiger partial charge in [-0.2, -0.15) is 5.10 Å². The number of carbonyl (C=O) groups excluding carboxylic acids is 1. The summed E-state index contributed by atoms with van der Waals surface area (Å²) in [6.07, 6.45) is 6.24. The highest BCUT2D eigenvalue weighted by atomic mass is 32.1. The number of benzene rings is 2. The van der Waals surface area contributed by atoms with Crippen molar-refractivity contribution in [1.82, 2.24) is 19.7 Å². The maximum Gasteiger partial charge on any atom is 0.248 e. The molecule has 6 nitrogen and oxygen atoms in total. The Morgan fingerprint density at radius 2 is 1.96 bits per heavy atom. The summed E-state index contributed by atoms with van der Waals surface area (Å²) in [5.41, 5.74) is 2.35. The average Bonchev–Trinajstić information content (AvgIpc) is 3.30. The van der Waals surface area contributed by atoms with Crippen LogP contribution in [0.1, 0.15) is 5.01 Å². The van der Waals surface area contributed by atoms with Crippen LogP contribution in [0.4, 0.5) is 5.69 Å². The molecule has 0 saturated heterocycles. The van der Waals surface area contributed by atoms with Gasteiger partial charge in [0, 0.05) is 6.08 Å². The number of thiazole rings is 1. The van der Waals surface area contributed by atoms with Crippen LogP contribution < -0.4 is 5.32 Å². The first-order chi connectivity index (χ1) is 12.3. The van der Waals surface area contributed by atoms with Crippen LogP contribution in [0, 0.1) is 0 Å². The second-order valence-corrected chi connectivity index (χ2v) is 6.26. The lowest BCUT2D eigenvalue weighted by molar-refractivity contribution is -0.111. The van der Waals surface area contributed by atoms with Gasteiger partial charge in [0.05, 0.1) is 21.6 Å². The molecule has 0 saturated carbocycles. The van der Waals surface area contributed by atoms with Gasteiger partial charge in [-0.1, -0.05) is 24.3 Å². The summed E-state index contributed by atoms with van der Waals surface area (Å²) in [5, 5.41) is 7.76. The highest BCUT2D eigenvalue weighted by Crippen LogP contribution is 2.23. The predicted octanol–water partition coefficient (Wildman–Crippen LogP) is 3.53. The number of aromatic nitrogens is 4. The van der Waals surface area contributed by atoms with Gasteiger partial charge in [0.15, 0.2) is 0 Å². The average molecular weight is 347 g/mol. The van der Waals surface area contributed by atoms with Crippen molar-refractivity contribution in [2.75, 3.05) is 5.32 Å². The Kier molecular flexibility index (Phi) is 4.05. The smallest absolute Gasteiger partial charge is 0.248 e. The second kappa shape index (κ2) is 6.66. The summed E-state index contributed by atoms with van der Waals surface area (Å²) in [6.45, 7) is 0. The Labute approximate surface area is 147 Å². The number of nitrogens with one attached hydrogen (secondary N) is 1. The Balaban J connectivity index is 1.53. The summed E-state index contributed by atoms with van der Waals surface area (Å²) >= 11 is 1.55. The lowest BCUT2D eigenvalue weighted by Crippen LogP contribution is -2.10. The quantitative estimate of drug-likeness (QED) is 0.573. The van der Waals surface area contributed by atoms with E-state index < -0.39 is 0 Å². The van der Waals surface area contributed by atoms with Crippen molar-refractivity contribution in [3.05, 3.63) is 72.3 Å². The van der Waals surface area contributed by atoms with E-state index in [1.54, 1.807) is 28.4 Å². The van der Waals surface area contributed by atoms with Crippen LogP contribution in [-0.4, -0.2) is 25.7 Å². The number of para-hydroxylation sites is 3. The number of anilines is 1. The maximum atomic E-state index is 12.3. The number of fused-ring (bicyclic) bond motifs is 1. The summed E-state index contributed by atoms with van der Waals surface area (Å²) in [7, 11) is 0. The van der Waals surface area contributed by atoms with E-state index in [-0.39, 0.29) is 5.91 Å². The molecule has 2 aromatic heterocycles. The molecule has 0 unspecified atom stereocenters. The van der Waals surface area contributed by atoms with Crippen molar-refractivity contribution >= 4 is 39.2 Å². The molecule has 0 fully saturated rings. The van der Waals surface area contributed by atoms with Gasteiger partial charge in [-0.15, -0.1) is 11.3 Å². The molecule has 0 aliphatic carbocycles. The van der Waals surface area contributed by atoms with Crippen LogP contribution in [0.3, 0.4) is 0 Å². The van der Waals surface area contributed by atoms with Crippen LogP contribution in [-0.2, 0) is 4.79 Å². The maximum absolute atomic E-state index is 12.3. The molecule has 7 heteroatoms. The minimum atomic E-state index is -0.230. The number of rotatable bonds is 4. The number of nitrogens with zero attached hydrogens (tertiary/aromatic N) is 4. The largest absolute Gasteiger partial charge is 0.321 e. The highest BCUT2D eigenvalue weighted by Gasteiger charge is 2.07. The predicted molar refractivity (Wildman–Crippen MR) is 98.6 cm³/mol. The van der Waals surface area contributed by atoms with Gasteiger partial charge in [-0.25, -0.2) is 14.6 Å². The van der Waals surface area contributed by atoms with Crippen LogP contribution in [0.5, 0.6) is 0 Å².